The normalized spacial score (nSPS) is 15.0. The van der Waals surface area contributed by atoms with Crippen molar-refractivity contribution in [1.29, 1.82) is 0 Å². The van der Waals surface area contributed by atoms with Crippen molar-refractivity contribution in [1.82, 2.24) is 14.8 Å². The number of aryl methyl sites for hydroxylation is 3. The molecule has 0 spiro atoms. The Hall–Kier alpha value is -0.900. The lowest BCUT2D eigenvalue weighted by Gasteiger charge is -1.99. The van der Waals surface area contributed by atoms with E-state index in [9.17, 15) is 0 Å². The number of aromatic nitrogens is 3. The first-order valence-corrected chi connectivity index (χ1v) is 5.56. The fourth-order valence-electron chi connectivity index (χ4n) is 2.09. The van der Waals surface area contributed by atoms with Crippen LogP contribution in [0, 0.1) is 0 Å². The fraction of sp³-hybridized carbons (Fsp3) is 0.400. The third kappa shape index (κ3) is 1.03. The summed E-state index contributed by atoms with van der Waals surface area (Å²) in [5.74, 6) is 0. The lowest BCUT2D eigenvalue weighted by molar-refractivity contribution is 0.775. The predicted octanol–water partition coefficient (Wildman–Crippen LogP) is 2.22. The van der Waals surface area contributed by atoms with Crippen molar-refractivity contribution in [3.05, 3.63) is 21.9 Å². The van der Waals surface area contributed by atoms with E-state index in [4.69, 9.17) is 0 Å². The highest BCUT2D eigenvalue weighted by Crippen LogP contribution is 2.28. The second-order valence-corrected chi connectivity index (χ2v) is 4.48. The minimum atomic E-state index is 0.900. The molecule has 0 aromatic carbocycles. The largest absolute Gasteiger partial charge is 0.249 e. The molecule has 0 N–H and O–H groups in total. The standard InChI is InChI=1S/C10H10BrN3/c1-14-10-7(9(11)13-14)5-6-3-2-4-8(6)12-10/h5H,2-4H2,1H3. The lowest BCUT2D eigenvalue weighted by Crippen LogP contribution is -1.94. The van der Waals surface area contributed by atoms with E-state index in [1.807, 2.05) is 11.7 Å². The summed E-state index contributed by atoms with van der Waals surface area (Å²) in [6.45, 7) is 0. The van der Waals surface area contributed by atoms with Crippen LogP contribution in [0.2, 0.25) is 0 Å². The number of hydrogen-bond acceptors (Lipinski definition) is 2. The molecule has 0 saturated heterocycles. The molecule has 0 bridgehead atoms. The highest BCUT2D eigenvalue weighted by molar-refractivity contribution is 9.10. The molecule has 0 aliphatic heterocycles. The summed E-state index contributed by atoms with van der Waals surface area (Å²) in [5.41, 5.74) is 3.64. The van der Waals surface area contributed by atoms with Crippen molar-refractivity contribution < 1.29 is 0 Å². The Balaban J connectivity index is 2.40. The highest BCUT2D eigenvalue weighted by Gasteiger charge is 2.16. The van der Waals surface area contributed by atoms with Gasteiger partial charge in [0.25, 0.3) is 0 Å². The van der Waals surface area contributed by atoms with Crippen molar-refractivity contribution in [2.75, 3.05) is 0 Å². The molecule has 1 aliphatic carbocycles. The van der Waals surface area contributed by atoms with E-state index in [-0.39, 0.29) is 0 Å². The smallest absolute Gasteiger partial charge is 0.158 e. The Kier molecular flexibility index (Phi) is 1.68. The predicted molar refractivity (Wildman–Crippen MR) is 58.2 cm³/mol. The van der Waals surface area contributed by atoms with Gasteiger partial charge in [0.15, 0.2) is 5.65 Å². The quantitative estimate of drug-likeness (QED) is 0.719. The second-order valence-electron chi connectivity index (χ2n) is 3.73. The molecule has 2 heterocycles. The average Bonchev–Trinajstić information content (AvgIpc) is 2.70. The van der Waals surface area contributed by atoms with Gasteiger partial charge in [-0.15, -0.1) is 0 Å². The van der Waals surface area contributed by atoms with Crippen LogP contribution in [0.5, 0.6) is 0 Å². The fourth-order valence-corrected chi connectivity index (χ4v) is 2.62. The monoisotopic (exact) mass is 251 g/mol. The van der Waals surface area contributed by atoms with Crippen LogP contribution in [0.25, 0.3) is 11.0 Å². The zero-order valence-corrected chi connectivity index (χ0v) is 9.50. The van der Waals surface area contributed by atoms with Crippen LogP contribution in [0.4, 0.5) is 0 Å². The number of nitrogens with zero attached hydrogens (tertiary/aromatic N) is 3. The van der Waals surface area contributed by atoms with Gasteiger partial charge in [-0.1, -0.05) is 0 Å². The lowest BCUT2D eigenvalue weighted by atomic mass is 10.2. The summed E-state index contributed by atoms with van der Waals surface area (Å²) in [5, 5.41) is 5.43. The van der Waals surface area contributed by atoms with Gasteiger partial charge in [0.05, 0.1) is 5.39 Å². The van der Waals surface area contributed by atoms with Crippen molar-refractivity contribution >= 4 is 27.0 Å². The van der Waals surface area contributed by atoms with Crippen LogP contribution in [0.1, 0.15) is 17.7 Å². The molecule has 0 atom stereocenters. The van der Waals surface area contributed by atoms with Gasteiger partial charge in [-0.2, -0.15) is 5.10 Å². The molecular weight excluding hydrogens is 242 g/mol. The molecule has 3 rings (SSSR count). The van der Waals surface area contributed by atoms with Crippen LogP contribution >= 0.6 is 15.9 Å². The molecular formula is C10H10BrN3. The third-order valence-corrected chi connectivity index (χ3v) is 3.38. The summed E-state index contributed by atoms with van der Waals surface area (Å²) in [6.07, 6.45) is 3.53. The Morgan fingerprint density at radius 1 is 1.43 bits per heavy atom. The van der Waals surface area contributed by atoms with Gasteiger partial charge < -0.3 is 0 Å². The van der Waals surface area contributed by atoms with E-state index in [1.54, 1.807) is 0 Å². The van der Waals surface area contributed by atoms with Crippen molar-refractivity contribution in [3.63, 3.8) is 0 Å². The molecule has 2 aromatic rings. The summed E-state index contributed by atoms with van der Waals surface area (Å²) in [7, 11) is 1.93. The van der Waals surface area contributed by atoms with Gasteiger partial charge >= 0.3 is 0 Å². The third-order valence-electron chi connectivity index (χ3n) is 2.80. The Morgan fingerprint density at radius 3 is 3.14 bits per heavy atom. The molecule has 4 heteroatoms. The Morgan fingerprint density at radius 2 is 2.29 bits per heavy atom. The van der Waals surface area contributed by atoms with E-state index in [1.165, 1.54) is 24.1 Å². The summed E-state index contributed by atoms with van der Waals surface area (Å²) >= 11 is 3.45. The van der Waals surface area contributed by atoms with E-state index in [2.05, 4.69) is 32.1 Å². The number of hydrogen-bond donors (Lipinski definition) is 0. The minimum absolute atomic E-state index is 0.900. The summed E-state index contributed by atoms with van der Waals surface area (Å²) in [4.78, 5) is 4.65. The number of fused-ring (bicyclic) bond motifs is 2. The SMILES string of the molecule is Cn1nc(Br)c2cc3c(nc21)CCC3. The van der Waals surface area contributed by atoms with Gasteiger partial charge in [-0.05, 0) is 46.8 Å². The first kappa shape index (κ1) is 8.41. The first-order chi connectivity index (χ1) is 6.75. The van der Waals surface area contributed by atoms with E-state index < -0.39 is 0 Å². The topological polar surface area (TPSA) is 30.7 Å². The van der Waals surface area contributed by atoms with Gasteiger partial charge in [0.1, 0.15) is 4.60 Å². The van der Waals surface area contributed by atoms with Crippen LogP contribution in [0.15, 0.2) is 10.7 Å². The Bertz CT molecular complexity index is 472. The number of pyridine rings is 1. The van der Waals surface area contributed by atoms with Crippen LogP contribution < -0.4 is 0 Å². The maximum atomic E-state index is 4.65. The Labute approximate surface area is 90.3 Å². The van der Waals surface area contributed by atoms with Crippen LogP contribution in [0.3, 0.4) is 0 Å². The molecule has 1 aliphatic rings. The minimum Gasteiger partial charge on any atom is -0.249 e. The van der Waals surface area contributed by atoms with E-state index in [0.717, 1.165) is 22.1 Å². The first-order valence-electron chi connectivity index (χ1n) is 4.77. The van der Waals surface area contributed by atoms with E-state index >= 15 is 0 Å². The van der Waals surface area contributed by atoms with Gasteiger partial charge in [-0.25, -0.2) is 9.67 Å². The van der Waals surface area contributed by atoms with E-state index in [0.29, 0.717) is 0 Å². The maximum absolute atomic E-state index is 4.65. The summed E-state index contributed by atoms with van der Waals surface area (Å²) < 4.78 is 2.73. The van der Waals surface area contributed by atoms with Gasteiger partial charge in [-0.3, -0.25) is 0 Å². The van der Waals surface area contributed by atoms with Crippen molar-refractivity contribution in [2.24, 2.45) is 7.05 Å². The molecule has 14 heavy (non-hydrogen) atoms. The van der Waals surface area contributed by atoms with Gasteiger partial charge in [0, 0.05) is 12.7 Å². The number of rotatable bonds is 0. The molecule has 3 nitrogen and oxygen atoms in total. The van der Waals surface area contributed by atoms with Gasteiger partial charge in [0.2, 0.25) is 0 Å². The second kappa shape index (κ2) is 2.79. The molecule has 0 saturated carbocycles. The molecule has 0 amide bonds. The zero-order chi connectivity index (χ0) is 9.71. The highest BCUT2D eigenvalue weighted by atomic mass is 79.9. The summed E-state index contributed by atoms with van der Waals surface area (Å²) in [6, 6.07) is 2.22. The molecule has 72 valence electrons. The number of halogens is 1. The maximum Gasteiger partial charge on any atom is 0.158 e. The molecule has 2 aromatic heterocycles. The molecule has 0 fully saturated rings. The zero-order valence-electron chi connectivity index (χ0n) is 7.92. The molecule has 0 radical (unpaired) electrons. The van der Waals surface area contributed by atoms with Crippen molar-refractivity contribution in [3.8, 4) is 0 Å². The van der Waals surface area contributed by atoms with Crippen LogP contribution in [-0.4, -0.2) is 14.8 Å². The molecule has 0 unspecified atom stereocenters. The average molecular weight is 252 g/mol. The van der Waals surface area contributed by atoms with Crippen molar-refractivity contribution in [2.45, 2.75) is 19.3 Å². The van der Waals surface area contributed by atoms with Crippen LogP contribution in [-0.2, 0) is 19.9 Å².